The summed E-state index contributed by atoms with van der Waals surface area (Å²) in [6.45, 7) is 5.36. The molecule has 0 radical (unpaired) electrons. The van der Waals surface area contributed by atoms with Gasteiger partial charge in [0.25, 0.3) is 0 Å². The number of nitrogens with one attached hydrogen (secondary N) is 1. The quantitative estimate of drug-likeness (QED) is 0.392. The number of piperazine rings is 1. The number of halogens is 1. The first-order valence-electron chi connectivity index (χ1n) is 11.0. The van der Waals surface area contributed by atoms with Gasteiger partial charge in [0, 0.05) is 59.0 Å². The smallest absolute Gasteiger partial charge is 0.186 e. The van der Waals surface area contributed by atoms with E-state index in [2.05, 4.69) is 39.0 Å². The van der Waals surface area contributed by atoms with E-state index in [1.54, 1.807) is 0 Å². The standard InChI is InChI=1S/C27H26ClN3O/c1-19-25(23-9-5-6-10-24(23)29-19)27(32)26(20-7-3-2-4-8-20)31-17-15-30(16-18-31)22-13-11-21(28)12-14-22/h2-14,26,29H,15-18H2,1H3/t26-/m0/s1. The van der Waals surface area contributed by atoms with E-state index in [1.165, 1.54) is 5.69 Å². The zero-order chi connectivity index (χ0) is 22.1. The molecule has 3 aromatic carbocycles. The zero-order valence-corrected chi connectivity index (χ0v) is 18.8. The van der Waals surface area contributed by atoms with Crippen molar-refractivity contribution >= 4 is 34.0 Å². The van der Waals surface area contributed by atoms with Gasteiger partial charge in [-0.3, -0.25) is 9.69 Å². The van der Waals surface area contributed by atoms with Crippen LogP contribution in [0.5, 0.6) is 0 Å². The first-order chi connectivity index (χ1) is 15.6. The van der Waals surface area contributed by atoms with Gasteiger partial charge in [0.1, 0.15) is 0 Å². The number of fused-ring (bicyclic) bond motifs is 1. The Morgan fingerprint density at radius 2 is 1.53 bits per heavy atom. The van der Waals surface area contributed by atoms with E-state index in [-0.39, 0.29) is 11.8 Å². The number of aromatic nitrogens is 1. The molecule has 1 N–H and O–H groups in total. The van der Waals surface area contributed by atoms with E-state index < -0.39 is 0 Å². The lowest BCUT2D eigenvalue weighted by Crippen LogP contribution is -2.49. The van der Waals surface area contributed by atoms with Crippen molar-refractivity contribution in [2.24, 2.45) is 0 Å². The molecular formula is C27H26ClN3O. The number of nitrogens with zero attached hydrogens (tertiary/aromatic N) is 2. The number of H-pyrrole nitrogens is 1. The van der Waals surface area contributed by atoms with Crippen LogP contribution < -0.4 is 4.90 Å². The molecule has 1 fully saturated rings. The molecule has 0 bridgehead atoms. The summed E-state index contributed by atoms with van der Waals surface area (Å²) in [5.41, 5.74) is 4.95. The highest BCUT2D eigenvalue weighted by atomic mass is 35.5. The van der Waals surface area contributed by atoms with Gasteiger partial charge < -0.3 is 9.88 Å². The first kappa shape index (κ1) is 20.8. The van der Waals surface area contributed by atoms with E-state index in [0.717, 1.165) is 58.9 Å². The van der Waals surface area contributed by atoms with Crippen molar-refractivity contribution in [2.75, 3.05) is 31.1 Å². The minimum atomic E-state index is -0.304. The summed E-state index contributed by atoms with van der Waals surface area (Å²) < 4.78 is 0. The van der Waals surface area contributed by atoms with Crippen molar-refractivity contribution in [3.63, 3.8) is 0 Å². The summed E-state index contributed by atoms with van der Waals surface area (Å²) in [4.78, 5) is 22.1. The number of para-hydroxylation sites is 1. The number of anilines is 1. The van der Waals surface area contributed by atoms with Crippen molar-refractivity contribution < 1.29 is 4.79 Å². The van der Waals surface area contributed by atoms with Crippen LogP contribution in [0.3, 0.4) is 0 Å². The summed E-state index contributed by atoms with van der Waals surface area (Å²) in [6.07, 6.45) is 0. The average molecular weight is 444 g/mol. The Kier molecular flexibility index (Phi) is 5.73. The van der Waals surface area contributed by atoms with Crippen molar-refractivity contribution in [3.05, 3.63) is 101 Å². The Bertz CT molecular complexity index is 1220. The van der Waals surface area contributed by atoms with Gasteiger partial charge >= 0.3 is 0 Å². The predicted molar refractivity (Wildman–Crippen MR) is 132 cm³/mol. The fourth-order valence-corrected chi connectivity index (χ4v) is 4.91. The number of hydrogen-bond donors (Lipinski definition) is 1. The third-order valence-corrected chi connectivity index (χ3v) is 6.63. The molecule has 0 unspecified atom stereocenters. The minimum Gasteiger partial charge on any atom is -0.369 e. The number of Topliss-reactive ketones (excluding diaryl/α,β-unsaturated/α-hetero) is 1. The Balaban J connectivity index is 1.45. The van der Waals surface area contributed by atoms with Crippen molar-refractivity contribution in [3.8, 4) is 0 Å². The molecule has 0 saturated carbocycles. The second-order valence-corrected chi connectivity index (χ2v) is 8.78. The van der Waals surface area contributed by atoms with Crippen LogP contribution in [-0.2, 0) is 0 Å². The molecule has 1 aromatic heterocycles. The first-order valence-corrected chi connectivity index (χ1v) is 11.4. The fraction of sp³-hybridized carbons (Fsp3) is 0.222. The molecule has 162 valence electrons. The molecule has 1 aliphatic rings. The number of hydrogen-bond acceptors (Lipinski definition) is 3. The molecule has 0 amide bonds. The normalized spacial score (nSPS) is 15.8. The number of benzene rings is 3. The maximum atomic E-state index is 14.0. The van der Waals surface area contributed by atoms with Gasteiger partial charge in [0.2, 0.25) is 0 Å². The molecule has 5 rings (SSSR count). The molecule has 0 aliphatic carbocycles. The summed E-state index contributed by atoms with van der Waals surface area (Å²) in [7, 11) is 0. The number of aromatic amines is 1. The SMILES string of the molecule is Cc1[nH]c2ccccc2c1C(=O)[C@H](c1ccccc1)N1CCN(c2ccc(Cl)cc2)CC1. The van der Waals surface area contributed by atoms with Crippen LogP contribution in [0, 0.1) is 6.92 Å². The van der Waals surface area contributed by atoms with E-state index >= 15 is 0 Å². The number of rotatable bonds is 5. The highest BCUT2D eigenvalue weighted by Crippen LogP contribution is 2.32. The van der Waals surface area contributed by atoms with Gasteiger partial charge in [-0.05, 0) is 42.8 Å². The summed E-state index contributed by atoms with van der Waals surface area (Å²) in [5, 5.41) is 1.74. The monoisotopic (exact) mass is 443 g/mol. The van der Waals surface area contributed by atoms with Crippen molar-refractivity contribution in [1.82, 2.24) is 9.88 Å². The van der Waals surface area contributed by atoms with Gasteiger partial charge in [-0.25, -0.2) is 0 Å². The van der Waals surface area contributed by atoms with Crippen LogP contribution in [0.4, 0.5) is 5.69 Å². The molecule has 1 aliphatic heterocycles. The zero-order valence-electron chi connectivity index (χ0n) is 18.1. The van der Waals surface area contributed by atoms with Crippen LogP contribution in [0.2, 0.25) is 5.02 Å². The van der Waals surface area contributed by atoms with Gasteiger partial charge in [0.05, 0.1) is 6.04 Å². The Labute approximate surface area is 193 Å². The van der Waals surface area contributed by atoms with E-state index in [9.17, 15) is 4.79 Å². The fourth-order valence-electron chi connectivity index (χ4n) is 4.78. The molecule has 2 heterocycles. The lowest BCUT2D eigenvalue weighted by atomic mass is 9.93. The lowest BCUT2D eigenvalue weighted by molar-refractivity contribution is 0.0807. The molecule has 4 nitrogen and oxygen atoms in total. The second kappa shape index (κ2) is 8.81. The molecular weight excluding hydrogens is 418 g/mol. The summed E-state index contributed by atoms with van der Waals surface area (Å²) in [6, 6.07) is 25.9. The Morgan fingerprint density at radius 1 is 0.875 bits per heavy atom. The maximum absolute atomic E-state index is 14.0. The van der Waals surface area contributed by atoms with Crippen LogP contribution >= 0.6 is 11.6 Å². The van der Waals surface area contributed by atoms with E-state index in [4.69, 9.17) is 11.6 Å². The number of carbonyl (C=O) groups excluding carboxylic acids is 1. The number of carbonyl (C=O) groups is 1. The van der Waals surface area contributed by atoms with Crippen molar-refractivity contribution in [2.45, 2.75) is 13.0 Å². The Morgan fingerprint density at radius 3 is 2.25 bits per heavy atom. The van der Waals surface area contributed by atoms with Crippen molar-refractivity contribution in [1.29, 1.82) is 0 Å². The van der Waals surface area contributed by atoms with Gasteiger partial charge in [-0.15, -0.1) is 0 Å². The Hall–Kier alpha value is -3.08. The number of aryl methyl sites for hydroxylation is 1. The average Bonchev–Trinajstić information content (AvgIpc) is 3.16. The molecule has 1 saturated heterocycles. The molecule has 5 heteroatoms. The minimum absolute atomic E-state index is 0.158. The summed E-state index contributed by atoms with van der Waals surface area (Å²) in [5.74, 6) is 0.158. The largest absolute Gasteiger partial charge is 0.369 e. The summed E-state index contributed by atoms with van der Waals surface area (Å²) >= 11 is 6.05. The predicted octanol–water partition coefficient (Wildman–Crippen LogP) is 5.88. The second-order valence-electron chi connectivity index (χ2n) is 8.35. The highest BCUT2D eigenvalue weighted by Gasteiger charge is 2.33. The van der Waals surface area contributed by atoms with Crippen LogP contribution in [0.15, 0.2) is 78.9 Å². The van der Waals surface area contributed by atoms with Crippen LogP contribution in [-0.4, -0.2) is 41.8 Å². The van der Waals surface area contributed by atoms with E-state index in [0.29, 0.717) is 0 Å². The maximum Gasteiger partial charge on any atom is 0.186 e. The van der Waals surface area contributed by atoms with Gasteiger partial charge in [0.15, 0.2) is 5.78 Å². The van der Waals surface area contributed by atoms with Gasteiger partial charge in [-0.1, -0.05) is 60.1 Å². The lowest BCUT2D eigenvalue weighted by Gasteiger charge is -2.40. The third kappa shape index (κ3) is 3.92. The third-order valence-electron chi connectivity index (χ3n) is 6.37. The molecule has 0 spiro atoms. The molecule has 32 heavy (non-hydrogen) atoms. The highest BCUT2D eigenvalue weighted by molar-refractivity contribution is 6.30. The topological polar surface area (TPSA) is 39.3 Å². The van der Waals surface area contributed by atoms with Crippen LogP contribution in [0.25, 0.3) is 10.9 Å². The van der Waals surface area contributed by atoms with Crippen LogP contribution in [0.1, 0.15) is 27.7 Å². The van der Waals surface area contributed by atoms with Gasteiger partial charge in [-0.2, -0.15) is 0 Å². The number of ketones is 1. The molecule has 4 aromatic rings. The molecule has 1 atom stereocenters. The van der Waals surface area contributed by atoms with E-state index in [1.807, 2.05) is 61.5 Å².